The van der Waals surface area contributed by atoms with Crippen LogP contribution in [0.25, 0.3) is 0 Å². The first-order chi connectivity index (χ1) is 28.4. The number of aliphatic carboxylic acids is 1. The summed E-state index contributed by atoms with van der Waals surface area (Å²) in [7, 11) is 0. The fourth-order valence-electron chi connectivity index (χ4n) is 12.8. The van der Waals surface area contributed by atoms with Crippen molar-refractivity contribution < 1.29 is 58.0 Å². The van der Waals surface area contributed by atoms with E-state index in [0.29, 0.717) is 69.1 Å². The molecule has 2 bridgehead atoms. The van der Waals surface area contributed by atoms with Crippen LogP contribution in [0.3, 0.4) is 0 Å². The molecule has 0 radical (unpaired) electrons. The molecule has 0 amide bonds. The van der Waals surface area contributed by atoms with E-state index in [-0.39, 0.29) is 60.8 Å². The van der Waals surface area contributed by atoms with Crippen molar-refractivity contribution in [2.75, 3.05) is 6.54 Å². The number of aliphatic hydroxyl groups is 2. The van der Waals surface area contributed by atoms with Gasteiger partial charge in [-0.15, -0.1) is 0 Å². The molecule has 0 aromatic rings. The summed E-state index contributed by atoms with van der Waals surface area (Å²) in [5.74, 6) is -4.41. The van der Waals surface area contributed by atoms with Crippen LogP contribution in [0.15, 0.2) is 36.5 Å². The molecule has 336 valence electrons. The Kier molecular flexibility index (Phi) is 11.6. The predicted molar refractivity (Wildman–Crippen MR) is 219 cm³/mol. The first-order valence-corrected chi connectivity index (χ1v) is 23.3. The molecule has 4 N–H and O–H groups in total. The Morgan fingerprint density at radius 2 is 1.67 bits per heavy atom. The van der Waals surface area contributed by atoms with Gasteiger partial charge >= 0.3 is 5.97 Å². The van der Waals surface area contributed by atoms with E-state index in [4.69, 9.17) is 43.0 Å². The molecule has 3 spiro atoms. The number of ether oxygens (including phenoxy) is 8. The number of carboxylic acids is 1. The third-order valence-corrected chi connectivity index (χ3v) is 15.9. The van der Waals surface area contributed by atoms with Crippen molar-refractivity contribution in [1.29, 1.82) is 0 Å². The third kappa shape index (κ3) is 7.81. The van der Waals surface area contributed by atoms with E-state index in [1.165, 1.54) is 0 Å². The Morgan fingerprint density at radius 1 is 0.867 bits per heavy atom. The Labute approximate surface area is 355 Å². The molecule has 0 saturated carbocycles. The van der Waals surface area contributed by atoms with Gasteiger partial charge in [0, 0.05) is 63.3 Å². The second-order valence-electron chi connectivity index (χ2n) is 20.9. The van der Waals surface area contributed by atoms with Crippen LogP contribution in [0.4, 0.5) is 0 Å². The number of aliphatic hydroxyl groups excluding tert-OH is 1. The molecule has 9 heterocycles. The van der Waals surface area contributed by atoms with Gasteiger partial charge in [0.2, 0.25) is 0 Å². The molecule has 9 aliphatic rings. The summed E-state index contributed by atoms with van der Waals surface area (Å²) in [6.45, 7) is 18.5. The maximum Gasteiger partial charge on any atom is 0.303 e. The Balaban J connectivity index is 0.846. The van der Waals surface area contributed by atoms with E-state index < -0.39 is 53.2 Å². The highest BCUT2D eigenvalue weighted by atomic mass is 16.8. The van der Waals surface area contributed by atoms with Gasteiger partial charge in [-0.25, -0.2) is 0 Å². The highest BCUT2D eigenvalue weighted by Crippen LogP contribution is 2.55. The molecule has 0 aromatic heterocycles. The second-order valence-corrected chi connectivity index (χ2v) is 20.9. The lowest BCUT2D eigenvalue weighted by molar-refractivity contribution is -0.367. The summed E-state index contributed by atoms with van der Waals surface area (Å²) in [6, 6.07) is 0. The normalized spacial score (nSPS) is 52.9. The summed E-state index contributed by atoms with van der Waals surface area (Å²) in [5.41, 5.74) is 0.390. The monoisotopic (exact) mass is 841 g/mol. The van der Waals surface area contributed by atoms with Crippen LogP contribution in [0, 0.1) is 35.5 Å². The fraction of sp³-hybridized carbons (Fsp3) is 0.851. The summed E-state index contributed by atoms with van der Waals surface area (Å²) >= 11 is 0. The van der Waals surface area contributed by atoms with E-state index in [1.54, 1.807) is 0 Å². The minimum absolute atomic E-state index is 0.0210. The zero-order valence-electron chi connectivity index (χ0n) is 36.6. The van der Waals surface area contributed by atoms with Gasteiger partial charge in [0.05, 0.1) is 42.7 Å². The van der Waals surface area contributed by atoms with Gasteiger partial charge in [-0.1, -0.05) is 66.3 Å². The number of hydrogen-bond acceptors (Lipinski definition) is 12. The number of fused-ring (bicyclic) bond motifs is 5. The molecular formula is C47H71NO12. The first-order valence-electron chi connectivity index (χ1n) is 23.3. The van der Waals surface area contributed by atoms with Crippen LogP contribution >= 0.6 is 0 Å². The smallest absolute Gasteiger partial charge is 0.303 e. The van der Waals surface area contributed by atoms with Crippen molar-refractivity contribution in [1.82, 2.24) is 5.32 Å². The van der Waals surface area contributed by atoms with Gasteiger partial charge in [0.25, 0.3) is 0 Å². The van der Waals surface area contributed by atoms with Gasteiger partial charge in [0.1, 0.15) is 17.9 Å². The third-order valence-electron chi connectivity index (χ3n) is 15.9. The van der Waals surface area contributed by atoms with Crippen LogP contribution in [-0.4, -0.2) is 112 Å². The van der Waals surface area contributed by atoms with E-state index in [1.807, 2.05) is 25.2 Å². The zero-order chi connectivity index (χ0) is 42.4. The first kappa shape index (κ1) is 43.5. The average molecular weight is 842 g/mol. The van der Waals surface area contributed by atoms with E-state index >= 15 is 0 Å². The highest BCUT2D eigenvalue weighted by molar-refractivity contribution is 5.66. The Hall–Kier alpha value is -1.75. The molecule has 0 aromatic carbocycles. The van der Waals surface area contributed by atoms with Crippen LogP contribution in [-0.2, 0) is 42.7 Å². The zero-order valence-corrected chi connectivity index (χ0v) is 36.6. The number of nitrogens with one attached hydrogen (secondary N) is 1. The SMILES string of the molecule is C=C(C[C@]12C[C@H](C)C[C@H](O1)[C@@H]1O[C@@]3(C[C@@H]1O2)NC[C@@H](C)C[C@H]3C)[C@H]1O[C@@](O)([C@@H](O)[C@H]2C[C@@H]3O[C@@]4(CC[C@]5(C=CC[C@@H](/C=C/CCC(=O)O)O5)O4)[C@@H](C)C[C@@H]3O2)[C@H](C)C[C@@H]1C. The van der Waals surface area contributed by atoms with E-state index in [0.717, 1.165) is 37.8 Å². The topological polar surface area (TPSA) is 164 Å². The van der Waals surface area contributed by atoms with Crippen LogP contribution < -0.4 is 5.32 Å². The van der Waals surface area contributed by atoms with Crippen molar-refractivity contribution in [2.24, 2.45) is 35.5 Å². The number of carbonyl (C=O) groups is 1. The Bertz CT molecular complexity index is 1690. The van der Waals surface area contributed by atoms with Crippen LogP contribution in [0.5, 0.6) is 0 Å². The molecule has 20 atom stereocenters. The molecular weight excluding hydrogens is 771 g/mol. The van der Waals surface area contributed by atoms with E-state index in [9.17, 15) is 15.0 Å². The summed E-state index contributed by atoms with van der Waals surface area (Å²) in [5, 5.41) is 37.3. The quantitative estimate of drug-likeness (QED) is 0.193. The van der Waals surface area contributed by atoms with Crippen molar-refractivity contribution in [3.05, 3.63) is 36.5 Å². The van der Waals surface area contributed by atoms with Gasteiger partial charge in [-0.2, -0.15) is 0 Å². The largest absolute Gasteiger partial charge is 0.481 e. The fourth-order valence-corrected chi connectivity index (χ4v) is 12.8. The predicted octanol–water partition coefficient (Wildman–Crippen LogP) is 6.26. The minimum atomic E-state index is -1.88. The molecule has 60 heavy (non-hydrogen) atoms. The Morgan fingerprint density at radius 3 is 2.45 bits per heavy atom. The molecule has 8 fully saturated rings. The van der Waals surface area contributed by atoms with Gasteiger partial charge in [0.15, 0.2) is 23.1 Å². The maximum atomic E-state index is 12.4. The number of piperidine rings is 1. The molecule has 8 saturated heterocycles. The summed E-state index contributed by atoms with van der Waals surface area (Å²) in [4.78, 5) is 11.0. The van der Waals surface area contributed by atoms with Crippen molar-refractivity contribution in [3.63, 3.8) is 0 Å². The summed E-state index contributed by atoms with van der Waals surface area (Å²) in [6.07, 6.45) is 12.2. The average Bonchev–Trinajstić information content (AvgIpc) is 3.87. The van der Waals surface area contributed by atoms with Gasteiger partial charge in [-0.3, -0.25) is 10.1 Å². The van der Waals surface area contributed by atoms with Crippen molar-refractivity contribution >= 4 is 5.97 Å². The standard InChI is InChI=1S/C47H71NO12/c1-26-18-36-41-38(24-45(58-41)30(5)17-27(2)25-48-45)56-44(22-26,55-36)23-29(4)40-28(3)19-32(7)47(52,59-40)42(51)37-21-35-34(53-37)20-31(6)46(57-35)16-15-43(60-46)14-10-12-33(54-43)11-8-9-13-39(49)50/h8,10-11,14,26-28,30-38,40-42,48,51-52H,4,9,12-13,15-25H2,1-3,5-7H3,(H,49,50)/b11-8+/t26-,27+,28+,30-,31+,32-,33-,34+,35+,36+,37-,38+,40+,41+,42+,43+,44-,45-,46-,47-/m1/s1. The minimum Gasteiger partial charge on any atom is -0.481 e. The molecule has 0 aliphatic carbocycles. The number of carboxylic acid groups (broad SMARTS) is 1. The lowest BCUT2D eigenvalue weighted by atomic mass is 9.76. The van der Waals surface area contributed by atoms with Crippen molar-refractivity contribution in [2.45, 2.75) is 209 Å². The molecule has 13 nitrogen and oxygen atoms in total. The lowest BCUT2D eigenvalue weighted by Gasteiger charge is -2.53. The molecule has 9 rings (SSSR count). The molecule has 0 unspecified atom stereocenters. The highest BCUT2D eigenvalue weighted by Gasteiger charge is 2.64. The van der Waals surface area contributed by atoms with E-state index in [2.05, 4.69) is 52.6 Å². The number of rotatable bonds is 9. The van der Waals surface area contributed by atoms with Crippen LogP contribution in [0.1, 0.15) is 125 Å². The molecule has 9 aliphatic heterocycles. The van der Waals surface area contributed by atoms with Crippen molar-refractivity contribution in [3.8, 4) is 0 Å². The van der Waals surface area contributed by atoms with Gasteiger partial charge < -0.3 is 53.2 Å². The summed E-state index contributed by atoms with van der Waals surface area (Å²) < 4.78 is 54.1. The number of allylic oxidation sites excluding steroid dienone is 1. The second kappa shape index (κ2) is 16.0. The maximum absolute atomic E-state index is 12.4. The van der Waals surface area contributed by atoms with Gasteiger partial charge in [-0.05, 0) is 73.8 Å². The number of hydrogen-bond donors (Lipinski definition) is 4. The molecule has 13 heteroatoms. The lowest BCUT2D eigenvalue weighted by Crippen LogP contribution is -2.62. The van der Waals surface area contributed by atoms with Crippen LogP contribution in [0.2, 0.25) is 0 Å².